The van der Waals surface area contributed by atoms with Crippen LogP contribution < -0.4 is 16.0 Å². The molecule has 0 aliphatic heterocycles. The minimum absolute atomic E-state index is 0.191. The summed E-state index contributed by atoms with van der Waals surface area (Å²) in [4.78, 5) is 12.1. The predicted molar refractivity (Wildman–Crippen MR) is 114 cm³/mol. The highest BCUT2D eigenvalue weighted by atomic mass is 79.9. The molecule has 0 radical (unpaired) electrons. The van der Waals surface area contributed by atoms with Gasteiger partial charge in [-0.1, -0.05) is 73.1 Å². The fourth-order valence-corrected chi connectivity index (χ4v) is 2.94. The van der Waals surface area contributed by atoms with Crippen LogP contribution in [-0.2, 0) is 4.79 Å². The van der Waals surface area contributed by atoms with Crippen LogP contribution in [0.1, 0.15) is 39.0 Å². The third kappa shape index (κ3) is 9.29. The van der Waals surface area contributed by atoms with Crippen LogP contribution in [0.25, 0.3) is 0 Å². The molecule has 0 aliphatic carbocycles. The van der Waals surface area contributed by atoms with Crippen LogP contribution in [0.5, 0.6) is 0 Å². The number of hydrogen-bond donors (Lipinski definition) is 3. The molecule has 25 heavy (non-hydrogen) atoms. The topological polar surface area (TPSA) is 53.2 Å². The molecule has 0 spiro atoms. The SMILES string of the molecule is CCCCCCC(=O)NC(NC(=S)Nc1ccccc1Br)C(Cl)(Cl)Cl. The van der Waals surface area contributed by atoms with Crippen molar-refractivity contribution < 1.29 is 4.79 Å². The largest absolute Gasteiger partial charge is 0.339 e. The van der Waals surface area contributed by atoms with E-state index in [9.17, 15) is 4.79 Å². The number of benzene rings is 1. The lowest BCUT2D eigenvalue weighted by Gasteiger charge is -2.28. The third-order valence-corrected chi connectivity index (χ3v) is 4.85. The predicted octanol–water partition coefficient (Wildman–Crippen LogP) is 5.52. The van der Waals surface area contributed by atoms with Crippen molar-refractivity contribution in [1.29, 1.82) is 0 Å². The van der Waals surface area contributed by atoms with Crippen molar-refractivity contribution in [2.24, 2.45) is 0 Å². The zero-order valence-electron chi connectivity index (χ0n) is 13.8. The molecule has 0 fully saturated rings. The van der Waals surface area contributed by atoms with E-state index < -0.39 is 9.96 Å². The molecule has 4 nitrogen and oxygen atoms in total. The lowest BCUT2D eigenvalue weighted by molar-refractivity contribution is -0.122. The van der Waals surface area contributed by atoms with Crippen molar-refractivity contribution in [1.82, 2.24) is 10.6 Å². The maximum Gasteiger partial charge on any atom is 0.228 e. The van der Waals surface area contributed by atoms with Crippen LogP contribution >= 0.6 is 63.0 Å². The highest BCUT2D eigenvalue weighted by Crippen LogP contribution is 2.29. The Labute approximate surface area is 177 Å². The van der Waals surface area contributed by atoms with Gasteiger partial charge < -0.3 is 16.0 Å². The van der Waals surface area contributed by atoms with Gasteiger partial charge in [-0.05, 0) is 46.7 Å². The molecule has 140 valence electrons. The minimum atomic E-state index is -1.75. The molecular formula is C16H21BrCl3N3OS. The Morgan fingerprint density at radius 2 is 1.88 bits per heavy atom. The summed E-state index contributed by atoms with van der Waals surface area (Å²) < 4.78 is -0.914. The zero-order valence-corrected chi connectivity index (χ0v) is 18.4. The Bertz CT molecular complexity index is 584. The Balaban J connectivity index is 2.59. The molecule has 0 bridgehead atoms. The fourth-order valence-electron chi connectivity index (χ4n) is 2.00. The van der Waals surface area contributed by atoms with E-state index in [-0.39, 0.29) is 11.0 Å². The van der Waals surface area contributed by atoms with Gasteiger partial charge in [-0.15, -0.1) is 0 Å². The zero-order chi connectivity index (χ0) is 18.9. The first-order chi connectivity index (χ1) is 11.7. The Morgan fingerprint density at radius 1 is 1.20 bits per heavy atom. The smallest absolute Gasteiger partial charge is 0.228 e. The van der Waals surface area contributed by atoms with Crippen molar-refractivity contribution in [2.75, 3.05) is 5.32 Å². The quantitative estimate of drug-likeness (QED) is 0.195. The second kappa shape index (κ2) is 11.4. The maximum absolute atomic E-state index is 12.1. The molecule has 3 N–H and O–H groups in total. The second-order valence-corrected chi connectivity index (χ2v) is 9.06. The van der Waals surface area contributed by atoms with Crippen molar-refractivity contribution >= 4 is 79.7 Å². The van der Waals surface area contributed by atoms with Gasteiger partial charge in [0.15, 0.2) is 5.11 Å². The van der Waals surface area contributed by atoms with Gasteiger partial charge in [0.05, 0.1) is 5.69 Å². The minimum Gasteiger partial charge on any atom is -0.339 e. The first kappa shape index (κ1) is 22.8. The van der Waals surface area contributed by atoms with E-state index in [0.29, 0.717) is 6.42 Å². The van der Waals surface area contributed by atoms with Gasteiger partial charge in [0.25, 0.3) is 0 Å². The first-order valence-corrected chi connectivity index (χ1v) is 10.3. The molecule has 1 atom stereocenters. The molecule has 1 aromatic carbocycles. The number of anilines is 1. The van der Waals surface area contributed by atoms with Crippen LogP contribution in [0.2, 0.25) is 0 Å². The monoisotopic (exact) mass is 487 g/mol. The average molecular weight is 490 g/mol. The number of halogens is 4. The standard InChI is InChI=1S/C16H21BrCl3N3OS/c1-2-3-4-5-10-13(24)22-14(16(18,19)20)23-15(25)21-12-9-7-6-8-11(12)17/h6-9,14H,2-5,10H2,1H3,(H,22,24)(H2,21,23,25). The molecule has 1 rings (SSSR count). The van der Waals surface area contributed by atoms with E-state index in [0.717, 1.165) is 35.8 Å². The van der Waals surface area contributed by atoms with Gasteiger partial charge in [-0.2, -0.15) is 0 Å². The summed E-state index contributed by atoms with van der Waals surface area (Å²) in [6.07, 6.45) is 3.43. The number of unbranched alkanes of at least 4 members (excludes halogenated alkanes) is 3. The van der Waals surface area contributed by atoms with Gasteiger partial charge in [0.2, 0.25) is 9.70 Å². The lowest BCUT2D eigenvalue weighted by Crippen LogP contribution is -2.56. The van der Waals surface area contributed by atoms with Crippen LogP contribution in [0.15, 0.2) is 28.7 Å². The Kier molecular flexibility index (Phi) is 10.4. The molecule has 0 saturated heterocycles. The van der Waals surface area contributed by atoms with Gasteiger partial charge in [0, 0.05) is 10.9 Å². The number of thiocarbonyl (C=S) groups is 1. The molecular weight excluding hydrogens is 469 g/mol. The number of amides is 1. The van der Waals surface area contributed by atoms with E-state index in [1.54, 1.807) is 0 Å². The number of rotatable bonds is 8. The molecule has 0 saturated carbocycles. The van der Waals surface area contributed by atoms with E-state index in [1.807, 2.05) is 24.3 Å². The number of carbonyl (C=O) groups is 1. The molecule has 1 amide bonds. The summed E-state index contributed by atoms with van der Waals surface area (Å²) in [6, 6.07) is 7.46. The summed E-state index contributed by atoms with van der Waals surface area (Å²) >= 11 is 26.5. The number of nitrogens with one attached hydrogen (secondary N) is 3. The molecule has 0 aromatic heterocycles. The van der Waals surface area contributed by atoms with Crippen LogP contribution in [0.3, 0.4) is 0 Å². The molecule has 1 unspecified atom stereocenters. The van der Waals surface area contributed by atoms with Crippen LogP contribution in [-0.4, -0.2) is 21.0 Å². The van der Waals surface area contributed by atoms with E-state index in [1.165, 1.54) is 0 Å². The van der Waals surface area contributed by atoms with E-state index in [4.69, 9.17) is 47.0 Å². The first-order valence-electron chi connectivity index (χ1n) is 7.92. The average Bonchev–Trinajstić information content (AvgIpc) is 2.52. The second-order valence-electron chi connectivity index (χ2n) is 5.43. The third-order valence-electron chi connectivity index (χ3n) is 3.29. The van der Waals surface area contributed by atoms with E-state index in [2.05, 4.69) is 38.8 Å². The molecule has 0 heterocycles. The summed E-state index contributed by atoms with van der Waals surface area (Å²) in [6.45, 7) is 2.11. The molecule has 9 heteroatoms. The highest BCUT2D eigenvalue weighted by molar-refractivity contribution is 9.10. The molecule has 1 aromatic rings. The number of hydrogen-bond acceptors (Lipinski definition) is 2. The van der Waals surface area contributed by atoms with Crippen molar-refractivity contribution in [2.45, 2.75) is 49.0 Å². The maximum atomic E-state index is 12.1. The number of carbonyl (C=O) groups excluding carboxylic acids is 1. The van der Waals surface area contributed by atoms with Gasteiger partial charge >= 0.3 is 0 Å². The number of alkyl halides is 3. The Hall–Kier alpha value is -0.270. The highest BCUT2D eigenvalue weighted by Gasteiger charge is 2.34. The lowest BCUT2D eigenvalue weighted by atomic mass is 10.1. The summed E-state index contributed by atoms with van der Waals surface area (Å²) in [5.41, 5.74) is 0.758. The van der Waals surface area contributed by atoms with Gasteiger partial charge in [0.1, 0.15) is 6.17 Å². The fraction of sp³-hybridized carbons (Fsp3) is 0.500. The Morgan fingerprint density at radius 3 is 2.48 bits per heavy atom. The van der Waals surface area contributed by atoms with Gasteiger partial charge in [-0.3, -0.25) is 4.79 Å². The van der Waals surface area contributed by atoms with Crippen LogP contribution in [0.4, 0.5) is 5.69 Å². The summed E-state index contributed by atoms with van der Waals surface area (Å²) in [5.74, 6) is -0.191. The molecule has 0 aliphatic rings. The normalized spacial score (nSPS) is 12.4. The van der Waals surface area contributed by atoms with Crippen molar-refractivity contribution in [3.8, 4) is 0 Å². The summed E-state index contributed by atoms with van der Waals surface area (Å²) in [7, 11) is 0. The number of para-hydroxylation sites is 1. The van der Waals surface area contributed by atoms with E-state index >= 15 is 0 Å². The summed E-state index contributed by atoms with van der Waals surface area (Å²) in [5, 5.41) is 8.74. The van der Waals surface area contributed by atoms with Crippen molar-refractivity contribution in [3.63, 3.8) is 0 Å². The van der Waals surface area contributed by atoms with Crippen molar-refractivity contribution in [3.05, 3.63) is 28.7 Å². The van der Waals surface area contributed by atoms with Crippen LogP contribution in [0, 0.1) is 0 Å². The van der Waals surface area contributed by atoms with Gasteiger partial charge in [-0.25, -0.2) is 0 Å².